The van der Waals surface area contributed by atoms with Crippen LogP contribution < -0.4 is 5.46 Å². The van der Waals surface area contributed by atoms with Crippen LogP contribution in [0.25, 0.3) is 209 Å². The summed E-state index contributed by atoms with van der Waals surface area (Å²) in [5.74, 6) is 0. The summed E-state index contributed by atoms with van der Waals surface area (Å²) in [6, 6.07) is 125. The van der Waals surface area contributed by atoms with Gasteiger partial charge in [-0.1, -0.05) is 345 Å². The van der Waals surface area contributed by atoms with Crippen LogP contribution in [0.5, 0.6) is 0 Å². The van der Waals surface area contributed by atoms with Gasteiger partial charge in [0, 0.05) is 12.9 Å². The molecule has 1 heterocycles. The number of halogens is 1. The van der Waals surface area contributed by atoms with E-state index < -0.39 is 0 Å². The van der Waals surface area contributed by atoms with Crippen LogP contribution in [0.4, 0.5) is 0 Å². The Balaban J connectivity index is 0.000000116. The quantitative estimate of drug-likeness (QED) is 0.155. The molecular formula is C103H72B2BrO2. The molecule has 1 fully saturated rings. The highest BCUT2D eigenvalue weighted by Gasteiger charge is 2.52. The van der Waals surface area contributed by atoms with Crippen LogP contribution in [0.2, 0.25) is 0 Å². The van der Waals surface area contributed by atoms with Crippen molar-refractivity contribution in [2.75, 3.05) is 0 Å². The molecule has 5 heteroatoms. The van der Waals surface area contributed by atoms with E-state index in [1.165, 1.54) is 209 Å². The second kappa shape index (κ2) is 25.6. The number of benzene rings is 18. The standard InChI is InChI=1S/C48H28.C32H19Br.C22H21BO2.CH4.B/c1-3-12-30(13-4-1)44-39-25-24-32(33-26-27-38-35-19-8-7-18-34(35)37-21-11-20-36(33)46(37)38)28-42(39)45(31-14-5-2-6-15-31)48-41-23-10-17-29-16-9-22-40(43(29)41)47(44)48;33-23-17-18-24-27(19-23)30(22-11-5-2-6-12-22)32-26-16-8-14-20-13-7-15-25(28(20)26)31(32)29(24)21-9-3-1-4-10-21;1-21(2)22(3,4)25-23(24-21)19-13-12-17-15-9-6-5-8-14(15)16-10-7-11-18(19)20(16)17;;/h1-28H;1-19H;5-13H,1-4H3;1H4;. The topological polar surface area (TPSA) is 18.5 Å². The smallest absolute Gasteiger partial charge is 0.399 e. The van der Waals surface area contributed by atoms with Crippen molar-refractivity contribution in [2.45, 2.75) is 46.3 Å². The first kappa shape index (κ1) is 66.7. The molecule has 0 saturated carbocycles. The number of hydrogen-bond donors (Lipinski definition) is 0. The normalized spacial score (nSPS) is 13.5. The highest BCUT2D eigenvalue weighted by molar-refractivity contribution is 9.10. The van der Waals surface area contributed by atoms with Crippen molar-refractivity contribution in [3.8, 4) is 145 Å². The van der Waals surface area contributed by atoms with Crippen LogP contribution in [0.1, 0.15) is 35.1 Å². The minimum absolute atomic E-state index is 0. The third-order valence-corrected chi connectivity index (χ3v) is 24.2. The van der Waals surface area contributed by atoms with E-state index in [1.54, 1.807) is 0 Å². The maximum atomic E-state index is 6.31. The predicted molar refractivity (Wildman–Crippen MR) is 465 cm³/mol. The predicted octanol–water partition coefficient (Wildman–Crippen LogP) is 28.2. The van der Waals surface area contributed by atoms with Crippen LogP contribution >= 0.6 is 15.9 Å². The van der Waals surface area contributed by atoms with E-state index in [-0.39, 0.29) is 34.2 Å². The Morgan fingerprint density at radius 3 is 0.972 bits per heavy atom. The zero-order valence-electron chi connectivity index (χ0n) is 59.7. The Morgan fingerprint density at radius 1 is 0.231 bits per heavy atom. The van der Waals surface area contributed by atoms with Crippen molar-refractivity contribution >= 4 is 102 Å². The van der Waals surface area contributed by atoms with E-state index in [9.17, 15) is 0 Å². The van der Waals surface area contributed by atoms with Gasteiger partial charge in [0.05, 0.1) is 11.2 Å². The summed E-state index contributed by atoms with van der Waals surface area (Å²) < 4.78 is 13.7. The average molecular weight is 1440 g/mol. The van der Waals surface area contributed by atoms with Crippen molar-refractivity contribution in [2.24, 2.45) is 0 Å². The first-order valence-corrected chi connectivity index (χ1v) is 37.7. The van der Waals surface area contributed by atoms with Crippen LogP contribution in [0.3, 0.4) is 0 Å². The van der Waals surface area contributed by atoms with Crippen LogP contribution in [-0.2, 0) is 9.31 Å². The lowest BCUT2D eigenvalue weighted by Gasteiger charge is -2.32. The van der Waals surface area contributed by atoms with Gasteiger partial charge < -0.3 is 9.31 Å². The van der Waals surface area contributed by atoms with Crippen molar-refractivity contribution in [1.29, 1.82) is 0 Å². The zero-order chi connectivity index (χ0) is 70.7. The summed E-state index contributed by atoms with van der Waals surface area (Å²) in [7, 11) is -0.335. The fourth-order valence-electron chi connectivity index (χ4n) is 18.4. The van der Waals surface area contributed by atoms with E-state index in [0.29, 0.717) is 0 Å². The maximum absolute atomic E-state index is 6.31. The lowest BCUT2D eigenvalue weighted by molar-refractivity contribution is 0.00578. The molecule has 0 spiro atoms. The molecule has 1 saturated heterocycles. The minimum Gasteiger partial charge on any atom is -0.399 e. The second-order valence-electron chi connectivity index (χ2n) is 29.8. The van der Waals surface area contributed by atoms with Crippen LogP contribution in [0.15, 0.2) is 344 Å². The van der Waals surface area contributed by atoms with Gasteiger partial charge in [-0.15, -0.1) is 0 Å². The van der Waals surface area contributed by atoms with Gasteiger partial charge in [-0.2, -0.15) is 0 Å². The molecule has 2 nitrogen and oxygen atoms in total. The number of hydrogen-bond acceptors (Lipinski definition) is 2. The number of rotatable bonds is 6. The van der Waals surface area contributed by atoms with Gasteiger partial charge in [0.2, 0.25) is 0 Å². The Labute approximate surface area is 641 Å². The Kier molecular flexibility index (Phi) is 15.8. The molecule has 509 valence electrons. The van der Waals surface area contributed by atoms with Crippen molar-refractivity contribution in [3.63, 3.8) is 0 Å². The summed E-state index contributed by atoms with van der Waals surface area (Å²) in [5.41, 5.74) is 34.5. The van der Waals surface area contributed by atoms with Gasteiger partial charge in [-0.05, 0) is 261 Å². The highest BCUT2D eigenvalue weighted by Crippen LogP contribution is 2.61. The van der Waals surface area contributed by atoms with E-state index in [2.05, 4.69) is 383 Å². The lowest BCUT2D eigenvalue weighted by atomic mass is 9.75. The van der Waals surface area contributed by atoms with Crippen LogP contribution in [0, 0.1) is 0 Å². The molecule has 0 amide bonds. The fraction of sp³-hybridized carbons (Fsp3) is 0.0680. The Morgan fingerprint density at radius 2 is 0.546 bits per heavy atom. The minimum atomic E-state index is -0.335. The van der Waals surface area contributed by atoms with Gasteiger partial charge >= 0.3 is 7.12 Å². The molecule has 3 radical (unpaired) electrons. The highest BCUT2D eigenvalue weighted by atomic mass is 79.9. The number of fused-ring (bicyclic) bond motifs is 14. The summed E-state index contributed by atoms with van der Waals surface area (Å²) in [6.07, 6.45) is 0. The zero-order valence-corrected chi connectivity index (χ0v) is 61.3. The molecule has 1 aliphatic heterocycles. The van der Waals surface area contributed by atoms with Gasteiger partial charge in [0.15, 0.2) is 0 Å². The summed E-state index contributed by atoms with van der Waals surface area (Å²) in [6.45, 7) is 8.40. The average Bonchev–Trinajstić information content (AvgIpc) is 1.52. The van der Waals surface area contributed by atoms with Gasteiger partial charge in [-0.25, -0.2) is 0 Å². The molecule has 0 aromatic heterocycles. The van der Waals surface area contributed by atoms with Crippen molar-refractivity contribution < 1.29 is 9.31 Å². The van der Waals surface area contributed by atoms with Crippen molar-refractivity contribution in [3.05, 3.63) is 344 Å². The van der Waals surface area contributed by atoms with E-state index >= 15 is 0 Å². The van der Waals surface area contributed by atoms with Gasteiger partial charge in [0.1, 0.15) is 0 Å². The molecule has 0 bridgehead atoms. The van der Waals surface area contributed by atoms with Gasteiger partial charge in [0.25, 0.3) is 0 Å². The molecule has 108 heavy (non-hydrogen) atoms. The first-order chi connectivity index (χ1) is 52.0. The van der Waals surface area contributed by atoms with E-state index in [4.69, 9.17) is 9.31 Å². The molecule has 0 unspecified atom stereocenters. The first-order valence-electron chi connectivity index (χ1n) is 36.9. The van der Waals surface area contributed by atoms with Crippen molar-refractivity contribution in [1.82, 2.24) is 0 Å². The molecule has 0 atom stereocenters. The summed E-state index contributed by atoms with van der Waals surface area (Å²) in [5, 5.41) is 15.6. The summed E-state index contributed by atoms with van der Waals surface area (Å²) >= 11 is 3.76. The summed E-state index contributed by atoms with van der Waals surface area (Å²) in [4.78, 5) is 0. The third kappa shape index (κ3) is 10.0. The Bertz CT molecular complexity index is 6680. The molecule has 5 aliphatic rings. The molecule has 0 N–H and O–H groups in total. The fourth-order valence-corrected chi connectivity index (χ4v) is 18.8. The SMILES string of the molecule is Brc1ccc2c(-c3ccccc3)c3c(c(-c4ccccc4)c2c1)-c1cccc2cccc-3c12.C.CC1(C)OB(c2ccc3c4c(cccc24)-c2ccccc2-3)OC1(C)C.[B].c1ccc(-c2c3c(c(-c4ccccc4)c4cc(-c5ccc6c7c(cccc57)-c5ccccc5-6)ccc24)-c2cccc4cccc-3c24)cc1. The molecule has 4 aliphatic carbocycles. The third-order valence-electron chi connectivity index (χ3n) is 23.7. The Hall–Kier alpha value is -12.0. The molecule has 23 rings (SSSR count). The van der Waals surface area contributed by atoms with Gasteiger partial charge in [-0.3, -0.25) is 0 Å². The maximum Gasteiger partial charge on any atom is 0.495 e. The molecular weight excluding hydrogens is 1370 g/mol. The molecule has 18 aromatic rings. The van der Waals surface area contributed by atoms with Crippen LogP contribution in [-0.4, -0.2) is 26.7 Å². The lowest BCUT2D eigenvalue weighted by Crippen LogP contribution is -2.41. The second-order valence-corrected chi connectivity index (χ2v) is 30.7. The monoisotopic (exact) mass is 1440 g/mol. The molecule has 18 aromatic carbocycles. The largest absolute Gasteiger partial charge is 0.495 e. The van der Waals surface area contributed by atoms with E-state index in [0.717, 1.165) is 9.94 Å². The van der Waals surface area contributed by atoms with E-state index in [1.807, 2.05) is 0 Å².